The molecule has 1 fully saturated rings. The maximum absolute atomic E-state index is 5.28. The van der Waals surface area contributed by atoms with Gasteiger partial charge in [-0.1, -0.05) is 13.0 Å². The molecule has 0 bridgehead atoms. The molecule has 1 heterocycles. The van der Waals surface area contributed by atoms with Crippen molar-refractivity contribution in [1.29, 1.82) is 0 Å². The van der Waals surface area contributed by atoms with Crippen molar-refractivity contribution in [1.82, 2.24) is 4.90 Å². The maximum atomic E-state index is 5.28. The summed E-state index contributed by atoms with van der Waals surface area (Å²) in [5.41, 5.74) is 1.16. The van der Waals surface area contributed by atoms with Gasteiger partial charge in [0.05, 0.1) is 7.11 Å². The lowest BCUT2D eigenvalue weighted by atomic mass is 9.90. The monoisotopic (exact) mass is 276 g/mol. The zero-order valence-corrected chi connectivity index (χ0v) is 13.1. The standard InChI is InChI=1S/C17H28N2O/c1-4-10-19-11-8-15(9-12-19)14(2)18-16-6-5-7-17(13-16)20-3/h5-7,13-15,18H,4,8-12H2,1-3H3. The van der Waals surface area contributed by atoms with E-state index in [-0.39, 0.29) is 0 Å². The smallest absolute Gasteiger partial charge is 0.120 e. The highest BCUT2D eigenvalue weighted by atomic mass is 16.5. The number of anilines is 1. The van der Waals surface area contributed by atoms with Gasteiger partial charge in [-0.3, -0.25) is 0 Å². The van der Waals surface area contributed by atoms with Gasteiger partial charge in [0.25, 0.3) is 0 Å². The second-order valence-electron chi connectivity index (χ2n) is 5.84. The molecule has 0 aromatic heterocycles. The van der Waals surface area contributed by atoms with Gasteiger partial charge in [0.1, 0.15) is 5.75 Å². The van der Waals surface area contributed by atoms with E-state index >= 15 is 0 Å². The van der Waals surface area contributed by atoms with Crippen LogP contribution in [0, 0.1) is 5.92 Å². The lowest BCUT2D eigenvalue weighted by Gasteiger charge is -2.35. The average molecular weight is 276 g/mol. The summed E-state index contributed by atoms with van der Waals surface area (Å²) in [6.07, 6.45) is 3.87. The Balaban J connectivity index is 1.84. The van der Waals surface area contributed by atoms with Gasteiger partial charge in [0, 0.05) is 17.8 Å². The zero-order valence-electron chi connectivity index (χ0n) is 13.1. The third-order valence-corrected chi connectivity index (χ3v) is 4.34. The molecule has 0 radical (unpaired) electrons. The fourth-order valence-corrected chi connectivity index (χ4v) is 3.09. The lowest BCUT2D eigenvalue weighted by Crippen LogP contribution is -2.39. The van der Waals surface area contributed by atoms with Crippen molar-refractivity contribution in [3.63, 3.8) is 0 Å². The molecule has 112 valence electrons. The van der Waals surface area contributed by atoms with Crippen LogP contribution in [0.1, 0.15) is 33.1 Å². The van der Waals surface area contributed by atoms with Gasteiger partial charge in [-0.2, -0.15) is 0 Å². The Morgan fingerprint density at radius 1 is 1.35 bits per heavy atom. The summed E-state index contributed by atoms with van der Waals surface area (Å²) in [5, 5.41) is 3.63. The van der Waals surface area contributed by atoms with E-state index < -0.39 is 0 Å². The van der Waals surface area contributed by atoms with E-state index in [1.807, 2.05) is 12.1 Å². The Kier molecular flexibility index (Phi) is 5.72. The Labute approximate surface area is 123 Å². The van der Waals surface area contributed by atoms with Crippen LogP contribution < -0.4 is 10.1 Å². The first-order chi connectivity index (χ1) is 9.72. The van der Waals surface area contributed by atoms with Crippen LogP contribution in [0.5, 0.6) is 5.75 Å². The maximum Gasteiger partial charge on any atom is 0.120 e. The summed E-state index contributed by atoms with van der Waals surface area (Å²) >= 11 is 0. The largest absolute Gasteiger partial charge is 0.497 e. The minimum atomic E-state index is 0.519. The molecule has 3 heteroatoms. The van der Waals surface area contributed by atoms with Crippen molar-refractivity contribution in [2.45, 2.75) is 39.2 Å². The molecule has 1 N–H and O–H groups in total. The van der Waals surface area contributed by atoms with Crippen molar-refractivity contribution < 1.29 is 4.74 Å². The molecule has 0 spiro atoms. The van der Waals surface area contributed by atoms with Crippen LogP contribution in [0.15, 0.2) is 24.3 Å². The van der Waals surface area contributed by atoms with Crippen molar-refractivity contribution >= 4 is 5.69 Å². The van der Waals surface area contributed by atoms with Crippen LogP contribution in [0.3, 0.4) is 0 Å². The first kappa shape index (κ1) is 15.2. The molecule has 1 unspecified atom stereocenters. The minimum absolute atomic E-state index is 0.519. The normalized spacial score (nSPS) is 18.8. The number of ether oxygens (including phenoxy) is 1. The van der Waals surface area contributed by atoms with E-state index in [9.17, 15) is 0 Å². The van der Waals surface area contributed by atoms with Gasteiger partial charge in [-0.05, 0) is 63.9 Å². The number of methoxy groups -OCH3 is 1. The molecule has 1 saturated heterocycles. The van der Waals surface area contributed by atoms with Gasteiger partial charge >= 0.3 is 0 Å². The van der Waals surface area contributed by atoms with Crippen molar-refractivity contribution in [2.24, 2.45) is 5.92 Å². The summed E-state index contributed by atoms with van der Waals surface area (Å²) < 4.78 is 5.28. The first-order valence-electron chi connectivity index (χ1n) is 7.86. The van der Waals surface area contributed by atoms with Gasteiger partial charge in [-0.25, -0.2) is 0 Å². The molecule has 0 aliphatic carbocycles. The summed E-state index contributed by atoms with van der Waals surface area (Å²) in [7, 11) is 1.71. The topological polar surface area (TPSA) is 24.5 Å². The number of rotatable bonds is 6. The van der Waals surface area contributed by atoms with Crippen LogP contribution in [0.25, 0.3) is 0 Å². The molecule has 1 atom stereocenters. The van der Waals surface area contributed by atoms with Gasteiger partial charge in [-0.15, -0.1) is 0 Å². The number of hydrogen-bond donors (Lipinski definition) is 1. The summed E-state index contributed by atoms with van der Waals surface area (Å²) in [6.45, 7) is 8.33. The highest BCUT2D eigenvalue weighted by Gasteiger charge is 2.23. The predicted molar refractivity (Wildman–Crippen MR) is 85.5 cm³/mol. The summed E-state index contributed by atoms with van der Waals surface area (Å²) in [5.74, 6) is 1.69. The fraction of sp³-hybridized carbons (Fsp3) is 0.647. The van der Waals surface area contributed by atoms with Crippen molar-refractivity contribution in [3.8, 4) is 5.75 Å². The van der Waals surface area contributed by atoms with E-state index in [0.717, 1.165) is 17.4 Å². The predicted octanol–water partition coefficient (Wildman–Crippen LogP) is 3.62. The van der Waals surface area contributed by atoms with Crippen LogP contribution >= 0.6 is 0 Å². The van der Waals surface area contributed by atoms with E-state index in [2.05, 4.69) is 36.2 Å². The number of likely N-dealkylation sites (tertiary alicyclic amines) is 1. The van der Waals surface area contributed by atoms with E-state index in [1.54, 1.807) is 7.11 Å². The molecule has 1 aromatic rings. The lowest BCUT2D eigenvalue weighted by molar-refractivity contribution is 0.176. The Hall–Kier alpha value is -1.22. The van der Waals surface area contributed by atoms with Crippen LogP contribution in [0.2, 0.25) is 0 Å². The summed E-state index contributed by atoms with van der Waals surface area (Å²) in [6, 6.07) is 8.73. The second kappa shape index (κ2) is 7.53. The average Bonchev–Trinajstić information content (AvgIpc) is 2.48. The second-order valence-corrected chi connectivity index (χ2v) is 5.84. The van der Waals surface area contributed by atoms with E-state index in [1.165, 1.54) is 38.9 Å². The summed E-state index contributed by atoms with van der Waals surface area (Å²) in [4.78, 5) is 2.59. The van der Waals surface area contributed by atoms with Gasteiger partial charge in [0.15, 0.2) is 0 Å². The molecule has 20 heavy (non-hydrogen) atoms. The highest BCUT2D eigenvalue weighted by Crippen LogP contribution is 2.24. The third-order valence-electron chi connectivity index (χ3n) is 4.34. The van der Waals surface area contributed by atoms with Crippen molar-refractivity contribution in [3.05, 3.63) is 24.3 Å². The van der Waals surface area contributed by atoms with Crippen LogP contribution in [0.4, 0.5) is 5.69 Å². The van der Waals surface area contributed by atoms with Crippen molar-refractivity contribution in [2.75, 3.05) is 32.1 Å². The zero-order chi connectivity index (χ0) is 14.4. The number of piperidine rings is 1. The first-order valence-corrected chi connectivity index (χ1v) is 7.86. The number of nitrogens with zero attached hydrogens (tertiary/aromatic N) is 1. The molecular formula is C17H28N2O. The molecule has 3 nitrogen and oxygen atoms in total. The van der Waals surface area contributed by atoms with Crippen LogP contribution in [-0.2, 0) is 0 Å². The number of hydrogen-bond acceptors (Lipinski definition) is 3. The SMILES string of the molecule is CCCN1CCC(C(C)Nc2cccc(OC)c2)CC1. The molecule has 2 rings (SSSR count). The molecule has 1 aliphatic rings. The van der Waals surface area contributed by atoms with Crippen LogP contribution in [-0.4, -0.2) is 37.7 Å². The molecule has 0 saturated carbocycles. The van der Waals surface area contributed by atoms with Gasteiger partial charge < -0.3 is 15.0 Å². The Morgan fingerprint density at radius 3 is 2.75 bits per heavy atom. The van der Waals surface area contributed by atoms with E-state index in [0.29, 0.717) is 6.04 Å². The van der Waals surface area contributed by atoms with Gasteiger partial charge in [0.2, 0.25) is 0 Å². The third kappa shape index (κ3) is 4.14. The number of nitrogens with one attached hydrogen (secondary N) is 1. The number of benzene rings is 1. The highest BCUT2D eigenvalue weighted by molar-refractivity contribution is 5.48. The minimum Gasteiger partial charge on any atom is -0.497 e. The quantitative estimate of drug-likeness (QED) is 0.859. The molecule has 1 aliphatic heterocycles. The Bertz CT molecular complexity index is 400. The molecule has 0 amide bonds. The Morgan fingerprint density at radius 2 is 2.10 bits per heavy atom. The molecule has 1 aromatic carbocycles. The molecular weight excluding hydrogens is 248 g/mol. The fourth-order valence-electron chi connectivity index (χ4n) is 3.09. The van der Waals surface area contributed by atoms with E-state index in [4.69, 9.17) is 4.74 Å².